The molecular weight excluding hydrogens is 258 g/mol. The molecule has 2 aromatic rings. The molecule has 1 aromatic heterocycles. The summed E-state index contributed by atoms with van der Waals surface area (Å²) in [6, 6.07) is 5.69. The zero-order valence-corrected chi connectivity index (χ0v) is 12.8. The van der Waals surface area contributed by atoms with Crippen LogP contribution < -0.4 is 5.32 Å². The molecule has 0 saturated heterocycles. The van der Waals surface area contributed by atoms with Crippen molar-refractivity contribution in [2.75, 3.05) is 19.4 Å². The summed E-state index contributed by atoms with van der Waals surface area (Å²) in [5.74, 6) is 0. The number of rotatable bonds is 1. The molecular formula is C14H19N3OS. The van der Waals surface area contributed by atoms with Gasteiger partial charge in [-0.2, -0.15) is 0 Å². The molecule has 2 rings (SSSR count). The number of thiazole rings is 1. The number of amides is 2. The first kappa shape index (κ1) is 13.8. The van der Waals surface area contributed by atoms with E-state index in [4.69, 9.17) is 0 Å². The number of nitrogens with zero attached hydrogens (tertiary/aromatic N) is 2. The molecule has 0 aliphatic carbocycles. The summed E-state index contributed by atoms with van der Waals surface area (Å²) in [4.78, 5) is 17.8. The van der Waals surface area contributed by atoms with Crippen LogP contribution in [0.2, 0.25) is 0 Å². The van der Waals surface area contributed by atoms with Gasteiger partial charge in [0.1, 0.15) is 0 Å². The highest BCUT2D eigenvalue weighted by atomic mass is 32.1. The lowest BCUT2D eigenvalue weighted by Gasteiger charge is -2.13. The molecule has 5 heteroatoms. The van der Waals surface area contributed by atoms with Crippen molar-refractivity contribution in [1.29, 1.82) is 0 Å². The zero-order valence-electron chi connectivity index (χ0n) is 11.9. The van der Waals surface area contributed by atoms with Crippen LogP contribution in [0.1, 0.15) is 25.8 Å². The molecule has 1 heterocycles. The van der Waals surface area contributed by atoms with Gasteiger partial charge in [0.15, 0.2) is 0 Å². The third-order valence-corrected chi connectivity index (χ3v) is 4.13. The predicted molar refractivity (Wildman–Crippen MR) is 81.0 cm³/mol. The van der Waals surface area contributed by atoms with Gasteiger partial charge in [-0.25, -0.2) is 9.78 Å². The number of carbonyl (C=O) groups is 1. The molecule has 19 heavy (non-hydrogen) atoms. The number of benzene rings is 1. The Bertz CT molecular complexity index is 611. The van der Waals surface area contributed by atoms with Crippen molar-refractivity contribution in [2.24, 2.45) is 0 Å². The largest absolute Gasteiger partial charge is 0.331 e. The maximum atomic E-state index is 11.6. The Hall–Kier alpha value is -1.62. The smallest absolute Gasteiger partial charge is 0.321 e. The molecule has 0 fully saturated rings. The Labute approximate surface area is 117 Å². The highest BCUT2D eigenvalue weighted by Gasteiger charge is 2.18. The van der Waals surface area contributed by atoms with Gasteiger partial charge in [-0.05, 0) is 18.2 Å². The van der Waals surface area contributed by atoms with Crippen LogP contribution in [0.4, 0.5) is 10.5 Å². The average molecular weight is 277 g/mol. The highest BCUT2D eigenvalue weighted by Crippen LogP contribution is 2.32. The first-order valence-electron chi connectivity index (χ1n) is 6.17. The summed E-state index contributed by atoms with van der Waals surface area (Å²) >= 11 is 1.68. The van der Waals surface area contributed by atoms with Gasteiger partial charge in [-0.15, -0.1) is 11.3 Å². The van der Waals surface area contributed by atoms with Crippen molar-refractivity contribution in [3.05, 3.63) is 23.2 Å². The number of anilines is 1. The molecule has 0 spiro atoms. The van der Waals surface area contributed by atoms with Crippen LogP contribution in [0.3, 0.4) is 0 Å². The number of fused-ring (bicyclic) bond motifs is 1. The third kappa shape index (κ3) is 3.04. The number of nitrogens with one attached hydrogen (secondary N) is 1. The van der Waals surface area contributed by atoms with Crippen molar-refractivity contribution < 1.29 is 4.79 Å². The first-order chi connectivity index (χ1) is 8.77. The second-order valence-electron chi connectivity index (χ2n) is 5.78. The van der Waals surface area contributed by atoms with Crippen LogP contribution in [0.25, 0.3) is 10.2 Å². The van der Waals surface area contributed by atoms with Crippen LogP contribution in [-0.2, 0) is 5.41 Å². The fraction of sp³-hybridized carbons (Fsp3) is 0.429. The molecule has 0 radical (unpaired) electrons. The minimum Gasteiger partial charge on any atom is -0.331 e. The molecule has 2 amide bonds. The molecule has 1 aromatic carbocycles. The van der Waals surface area contributed by atoms with Crippen LogP contribution in [-0.4, -0.2) is 30.0 Å². The van der Waals surface area contributed by atoms with Gasteiger partial charge in [0, 0.05) is 25.2 Å². The Morgan fingerprint density at radius 3 is 2.58 bits per heavy atom. The number of hydrogen-bond donors (Lipinski definition) is 1. The van der Waals surface area contributed by atoms with E-state index in [1.165, 1.54) is 4.90 Å². The van der Waals surface area contributed by atoms with E-state index in [1.807, 2.05) is 18.2 Å². The van der Waals surface area contributed by atoms with Gasteiger partial charge >= 0.3 is 6.03 Å². The molecule has 4 nitrogen and oxygen atoms in total. The fourth-order valence-electron chi connectivity index (χ4n) is 1.56. The third-order valence-electron chi connectivity index (χ3n) is 2.69. The van der Waals surface area contributed by atoms with E-state index in [-0.39, 0.29) is 11.4 Å². The van der Waals surface area contributed by atoms with Gasteiger partial charge in [-0.3, -0.25) is 0 Å². The number of carbonyl (C=O) groups excluding carboxylic acids is 1. The highest BCUT2D eigenvalue weighted by molar-refractivity contribution is 7.18. The SMILES string of the molecule is CN(C)C(=O)Nc1ccc2nc(C(C)(C)C)sc2c1. The second kappa shape index (κ2) is 4.81. The Kier molecular flexibility index (Phi) is 3.49. The lowest BCUT2D eigenvalue weighted by molar-refractivity contribution is 0.230. The van der Waals surface area contributed by atoms with Crippen molar-refractivity contribution >= 4 is 33.3 Å². The van der Waals surface area contributed by atoms with Crippen molar-refractivity contribution in [3.63, 3.8) is 0 Å². The van der Waals surface area contributed by atoms with Crippen LogP contribution in [0, 0.1) is 0 Å². The van der Waals surface area contributed by atoms with Gasteiger partial charge in [0.25, 0.3) is 0 Å². The van der Waals surface area contributed by atoms with Crippen LogP contribution >= 0.6 is 11.3 Å². The van der Waals surface area contributed by atoms with Crippen LogP contribution in [0.15, 0.2) is 18.2 Å². The molecule has 0 atom stereocenters. The quantitative estimate of drug-likeness (QED) is 0.864. The van der Waals surface area contributed by atoms with Crippen LogP contribution in [0.5, 0.6) is 0 Å². The van der Waals surface area contributed by atoms with Gasteiger partial charge in [0.05, 0.1) is 15.2 Å². The number of aromatic nitrogens is 1. The molecule has 0 saturated carbocycles. The number of hydrogen-bond acceptors (Lipinski definition) is 3. The summed E-state index contributed by atoms with van der Waals surface area (Å²) in [6.45, 7) is 6.46. The summed E-state index contributed by atoms with van der Waals surface area (Å²) < 4.78 is 1.10. The maximum Gasteiger partial charge on any atom is 0.321 e. The normalized spacial score (nSPS) is 11.6. The minimum absolute atomic E-state index is 0.0523. The molecule has 0 aliphatic rings. The summed E-state index contributed by atoms with van der Waals surface area (Å²) in [6.07, 6.45) is 0. The second-order valence-corrected chi connectivity index (χ2v) is 6.81. The van der Waals surface area contributed by atoms with E-state index in [9.17, 15) is 4.79 Å². The molecule has 1 N–H and O–H groups in total. The lowest BCUT2D eigenvalue weighted by atomic mass is 9.98. The summed E-state index contributed by atoms with van der Waals surface area (Å²) in [7, 11) is 3.44. The van der Waals surface area contributed by atoms with E-state index in [1.54, 1.807) is 25.4 Å². The van der Waals surface area contributed by atoms with E-state index in [0.717, 1.165) is 20.9 Å². The molecule has 0 aliphatic heterocycles. The summed E-state index contributed by atoms with van der Waals surface area (Å²) in [5.41, 5.74) is 1.84. The molecule has 0 bridgehead atoms. The average Bonchev–Trinajstić information content (AvgIpc) is 2.71. The molecule has 0 unspecified atom stereocenters. The summed E-state index contributed by atoms with van der Waals surface area (Å²) in [5, 5.41) is 3.96. The van der Waals surface area contributed by atoms with Gasteiger partial charge < -0.3 is 10.2 Å². The maximum absolute atomic E-state index is 11.6. The van der Waals surface area contributed by atoms with E-state index in [2.05, 4.69) is 31.1 Å². The van der Waals surface area contributed by atoms with E-state index in [0.29, 0.717) is 0 Å². The topological polar surface area (TPSA) is 45.2 Å². The predicted octanol–water partition coefficient (Wildman–Crippen LogP) is 3.69. The first-order valence-corrected chi connectivity index (χ1v) is 6.98. The molecule has 102 valence electrons. The Balaban J connectivity index is 2.33. The van der Waals surface area contributed by atoms with E-state index < -0.39 is 0 Å². The lowest BCUT2D eigenvalue weighted by Crippen LogP contribution is -2.27. The Morgan fingerprint density at radius 2 is 2.00 bits per heavy atom. The van der Waals surface area contributed by atoms with Crippen molar-refractivity contribution in [2.45, 2.75) is 26.2 Å². The number of urea groups is 1. The van der Waals surface area contributed by atoms with Crippen molar-refractivity contribution in [3.8, 4) is 0 Å². The standard InChI is InChI=1S/C14H19N3OS/c1-14(2,3)12-16-10-7-6-9(8-11(10)19-12)15-13(18)17(4)5/h6-8H,1-5H3,(H,15,18). The van der Waals surface area contributed by atoms with Gasteiger partial charge in [-0.1, -0.05) is 20.8 Å². The minimum atomic E-state index is -0.125. The zero-order chi connectivity index (χ0) is 14.2. The monoisotopic (exact) mass is 277 g/mol. The van der Waals surface area contributed by atoms with Gasteiger partial charge in [0.2, 0.25) is 0 Å². The van der Waals surface area contributed by atoms with Crippen molar-refractivity contribution in [1.82, 2.24) is 9.88 Å². The van der Waals surface area contributed by atoms with E-state index >= 15 is 0 Å². The fourth-order valence-corrected chi connectivity index (χ4v) is 2.62. The Morgan fingerprint density at radius 1 is 1.32 bits per heavy atom.